The van der Waals surface area contributed by atoms with E-state index in [0.717, 1.165) is 39.0 Å². The molecule has 2 N–H and O–H groups in total. The number of rotatable bonds is 5. The van der Waals surface area contributed by atoms with Crippen LogP contribution in [0.1, 0.15) is 23.2 Å². The molecule has 8 nitrogen and oxygen atoms in total. The second-order valence-electron chi connectivity index (χ2n) is 7.38. The smallest absolute Gasteiger partial charge is 0.293 e. The SMILES string of the molecule is CN(C)C.C[Se].O=Cc1cc([N+](=O)[O-])c(NC2CN(C3CCNCC3)C2)cc1Cl.[Pm]. The number of hydrogen-bond donors (Lipinski definition) is 2. The largest absolute Gasteiger partial charge is 0.374 e. The van der Waals surface area contributed by atoms with Crippen LogP contribution < -0.4 is 10.6 Å². The summed E-state index contributed by atoms with van der Waals surface area (Å²) in [6.45, 7) is 3.84. The molecule has 0 amide bonds. The van der Waals surface area contributed by atoms with Gasteiger partial charge in [-0.25, -0.2) is 0 Å². The zero-order chi connectivity index (χ0) is 22.0. The van der Waals surface area contributed by atoms with Gasteiger partial charge in [0.1, 0.15) is 5.69 Å². The molecule has 2 heterocycles. The van der Waals surface area contributed by atoms with Gasteiger partial charge >= 0.3 is 21.8 Å². The summed E-state index contributed by atoms with van der Waals surface area (Å²) in [4.78, 5) is 26.0. The number of carbonyl (C=O) groups excluding carboxylic acids is 1. The number of nitrogens with zero attached hydrogens (tertiary/aromatic N) is 3. The summed E-state index contributed by atoms with van der Waals surface area (Å²) in [7, 11) is 6.00. The van der Waals surface area contributed by atoms with Crippen LogP contribution in [0.4, 0.5) is 11.4 Å². The molecule has 2 fully saturated rings. The molecule has 0 saturated carbocycles. The third-order valence-corrected chi connectivity index (χ3v) is 4.86. The third-order valence-electron chi connectivity index (χ3n) is 4.53. The first-order valence-corrected chi connectivity index (χ1v) is 11.6. The zero-order valence-corrected chi connectivity index (χ0v) is 23.3. The number of piperidine rings is 1. The van der Waals surface area contributed by atoms with E-state index in [4.69, 9.17) is 11.6 Å². The Bertz CT molecular complexity index is 669. The third kappa shape index (κ3) is 9.72. The van der Waals surface area contributed by atoms with E-state index in [-0.39, 0.29) is 62.7 Å². The molecular weight excluding hydrogens is 606 g/mol. The molecule has 2 saturated heterocycles. The van der Waals surface area contributed by atoms with Crippen molar-refractivity contribution in [3.63, 3.8) is 0 Å². The Balaban J connectivity index is 0.00000108. The Labute approximate surface area is 224 Å². The second kappa shape index (κ2) is 15.8. The summed E-state index contributed by atoms with van der Waals surface area (Å²) in [5, 5.41) is 18.0. The van der Waals surface area contributed by atoms with Gasteiger partial charge in [0.05, 0.1) is 16.0 Å². The fourth-order valence-corrected chi connectivity index (χ4v) is 3.44. The van der Waals surface area contributed by atoms with E-state index in [0.29, 0.717) is 18.0 Å². The average Bonchev–Trinajstić information content (AvgIpc) is 2.66. The Hall–Kier alpha value is 0.117. The standard InChI is InChI=1S/C15H19ClN4O3.C3H9N.CH3Se.Pm/c16-13-6-14(15(20(22)23)5-10(13)9-21)18-11-7-19(8-11)12-1-3-17-4-2-12;1-4(2)3;1-2;/h5-6,9,11-12,17-18H,1-4,7-8H2;1-3H3;1H3;. The van der Waals surface area contributed by atoms with Crippen molar-refractivity contribution in [1.29, 1.82) is 0 Å². The first kappa shape index (κ1) is 30.1. The molecular formula is C19H31ClN5O3PmSe. The molecule has 2 aliphatic heterocycles. The van der Waals surface area contributed by atoms with E-state index < -0.39 is 4.92 Å². The predicted octanol–water partition coefficient (Wildman–Crippen LogP) is 2.29. The van der Waals surface area contributed by atoms with Crippen LogP contribution in [-0.4, -0.2) is 96.4 Å². The van der Waals surface area contributed by atoms with Crippen molar-refractivity contribution in [1.82, 2.24) is 15.1 Å². The molecule has 168 valence electrons. The molecule has 0 aromatic heterocycles. The number of nitro groups is 1. The van der Waals surface area contributed by atoms with Crippen molar-refractivity contribution in [3.05, 3.63) is 32.8 Å². The number of anilines is 1. The van der Waals surface area contributed by atoms with Crippen LogP contribution in [0.3, 0.4) is 0 Å². The minimum Gasteiger partial charge on any atom is -0.374 e. The summed E-state index contributed by atoms with van der Waals surface area (Å²) in [6.07, 6.45) is 2.82. The molecule has 0 spiro atoms. The van der Waals surface area contributed by atoms with Crippen molar-refractivity contribution in [2.24, 2.45) is 0 Å². The van der Waals surface area contributed by atoms with E-state index in [1.54, 1.807) is 0 Å². The van der Waals surface area contributed by atoms with Crippen LogP contribution in [-0.2, 0) is 0 Å². The molecule has 0 aliphatic carbocycles. The molecule has 1 aromatic carbocycles. The van der Waals surface area contributed by atoms with Crippen LogP contribution >= 0.6 is 11.6 Å². The normalized spacial score (nSPS) is 16.8. The molecule has 30 heavy (non-hydrogen) atoms. The number of hydrogen-bond acceptors (Lipinski definition) is 7. The molecule has 0 unspecified atom stereocenters. The van der Waals surface area contributed by atoms with Gasteiger partial charge in [0.25, 0.3) is 5.69 Å². The maximum atomic E-state index is 11.2. The first-order valence-electron chi connectivity index (χ1n) is 9.48. The molecule has 2 aliphatic rings. The zero-order valence-electron chi connectivity index (χ0n) is 17.9. The first-order chi connectivity index (χ1) is 13.8. The summed E-state index contributed by atoms with van der Waals surface area (Å²) < 4.78 is 0. The Morgan fingerprint density at radius 1 is 1.27 bits per heavy atom. The van der Waals surface area contributed by atoms with Gasteiger partial charge in [0.15, 0.2) is 6.29 Å². The number of aldehydes is 1. The molecule has 3 rings (SSSR count). The van der Waals surface area contributed by atoms with Crippen LogP contribution in [0, 0.1) is 50.5 Å². The number of likely N-dealkylation sites (tertiary alicyclic amines) is 1. The van der Waals surface area contributed by atoms with Gasteiger partial charge < -0.3 is 15.5 Å². The molecule has 0 atom stereocenters. The van der Waals surface area contributed by atoms with E-state index in [2.05, 4.69) is 31.5 Å². The minimum absolute atomic E-state index is 0. The van der Waals surface area contributed by atoms with Crippen LogP contribution in [0.25, 0.3) is 0 Å². The summed E-state index contributed by atoms with van der Waals surface area (Å²) in [5.74, 6) is 1.88. The van der Waals surface area contributed by atoms with Gasteiger partial charge in [-0.1, -0.05) is 11.6 Å². The molecule has 0 bridgehead atoms. The topological polar surface area (TPSA) is 90.8 Å². The molecule has 1 aromatic rings. The van der Waals surface area contributed by atoms with Gasteiger partial charge in [0, 0.05) is 71.1 Å². The second-order valence-corrected chi connectivity index (χ2v) is 7.79. The number of benzene rings is 1. The fourth-order valence-electron chi connectivity index (χ4n) is 3.23. The van der Waals surface area contributed by atoms with E-state index >= 15 is 0 Å². The summed E-state index contributed by atoms with van der Waals surface area (Å²) in [6, 6.07) is 3.46. The Morgan fingerprint density at radius 3 is 2.27 bits per heavy atom. The van der Waals surface area contributed by atoms with Crippen molar-refractivity contribution in [3.8, 4) is 0 Å². The maximum Gasteiger partial charge on any atom is 0.293 e. The van der Waals surface area contributed by atoms with Crippen molar-refractivity contribution in [2.75, 3.05) is 52.6 Å². The Morgan fingerprint density at radius 2 is 1.80 bits per heavy atom. The number of nitrogens with one attached hydrogen (secondary N) is 2. The Kier molecular flexibility index (Phi) is 15.9. The van der Waals surface area contributed by atoms with Gasteiger partial charge in [-0.05, 0) is 53.1 Å². The predicted molar refractivity (Wildman–Crippen MR) is 120 cm³/mol. The van der Waals surface area contributed by atoms with Crippen molar-refractivity contribution in [2.45, 2.75) is 30.7 Å². The van der Waals surface area contributed by atoms with E-state index in [1.165, 1.54) is 12.1 Å². The fraction of sp³-hybridized carbons (Fsp3) is 0.632. The molecule has 11 heteroatoms. The van der Waals surface area contributed by atoms with Gasteiger partial charge in [-0.15, -0.1) is 0 Å². The number of carbonyl (C=O) groups is 1. The average molecular weight is 637 g/mol. The number of halogens is 1. The van der Waals surface area contributed by atoms with Gasteiger partial charge in [-0.3, -0.25) is 19.8 Å². The van der Waals surface area contributed by atoms with E-state index in [1.807, 2.05) is 31.9 Å². The number of nitro benzene ring substituents is 1. The summed E-state index contributed by atoms with van der Waals surface area (Å²) >= 11 is 8.62. The van der Waals surface area contributed by atoms with Gasteiger partial charge in [0.2, 0.25) is 0 Å². The quantitative estimate of drug-likeness (QED) is 0.222. The van der Waals surface area contributed by atoms with E-state index in [9.17, 15) is 14.9 Å². The van der Waals surface area contributed by atoms with Crippen LogP contribution in [0.15, 0.2) is 12.1 Å². The summed E-state index contributed by atoms with van der Waals surface area (Å²) in [5.41, 5.74) is 0.395. The monoisotopic (exact) mass is 637 g/mol. The van der Waals surface area contributed by atoms with Gasteiger partial charge in [-0.2, -0.15) is 0 Å². The maximum absolute atomic E-state index is 11.2. The van der Waals surface area contributed by atoms with Crippen molar-refractivity contribution < 1.29 is 50.1 Å². The van der Waals surface area contributed by atoms with Crippen LogP contribution in [0.2, 0.25) is 10.8 Å². The minimum atomic E-state index is -0.491. The molecule has 2 radical (unpaired) electrons. The van der Waals surface area contributed by atoms with Crippen LogP contribution in [0.5, 0.6) is 0 Å². The van der Waals surface area contributed by atoms with Crippen molar-refractivity contribution >= 4 is 45.3 Å².